The summed E-state index contributed by atoms with van der Waals surface area (Å²) in [5.41, 5.74) is 0.829. The summed E-state index contributed by atoms with van der Waals surface area (Å²) < 4.78 is 20.2. The molecule has 2 atom stereocenters. The van der Waals surface area contributed by atoms with Crippen LogP contribution in [0.4, 0.5) is 4.39 Å². The van der Waals surface area contributed by atoms with Gasteiger partial charge in [0.05, 0.1) is 6.10 Å². The molecule has 1 saturated heterocycles. The number of nitrogens with one attached hydrogen (secondary N) is 1. The van der Waals surface area contributed by atoms with Gasteiger partial charge in [0.2, 0.25) is 0 Å². The van der Waals surface area contributed by atoms with Crippen LogP contribution in [0.3, 0.4) is 0 Å². The molecule has 5 heteroatoms. The normalized spacial score (nSPS) is 26.6. The molecule has 3 aliphatic rings. The molecule has 0 spiro atoms. The number of guanidine groups is 1. The van der Waals surface area contributed by atoms with Crippen LogP contribution in [0.5, 0.6) is 0 Å². The first-order valence-electron chi connectivity index (χ1n) is 11.2. The average molecular weight is 388 g/mol. The number of halogens is 1. The number of piperidine rings is 1. The van der Waals surface area contributed by atoms with Crippen LogP contribution < -0.4 is 5.32 Å². The van der Waals surface area contributed by atoms with E-state index in [1.54, 1.807) is 12.1 Å². The zero-order valence-electron chi connectivity index (χ0n) is 17.1. The van der Waals surface area contributed by atoms with E-state index in [9.17, 15) is 4.39 Å². The fourth-order valence-corrected chi connectivity index (χ4v) is 4.71. The van der Waals surface area contributed by atoms with Gasteiger partial charge >= 0.3 is 0 Å². The van der Waals surface area contributed by atoms with Crippen LogP contribution in [-0.4, -0.2) is 49.2 Å². The number of hydrogen-bond acceptors (Lipinski definition) is 2. The van der Waals surface area contributed by atoms with Gasteiger partial charge in [-0.2, -0.15) is 0 Å². The van der Waals surface area contributed by atoms with E-state index in [0.29, 0.717) is 12.1 Å². The summed E-state index contributed by atoms with van der Waals surface area (Å²) in [4.78, 5) is 7.07. The average Bonchev–Trinajstić information content (AvgIpc) is 3.27. The first-order valence-corrected chi connectivity index (χ1v) is 11.2. The van der Waals surface area contributed by atoms with Crippen molar-refractivity contribution in [3.8, 4) is 0 Å². The second-order valence-corrected chi connectivity index (χ2v) is 8.58. The van der Waals surface area contributed by atoms with Gasteiger partial charge in [-0.25, -0.2) is 4.39 Å². The van der Waals surface area contributed by atoms with Crippen molar-refractivity contribution >= 4 is 5.96 Å². The Kier molecular flexibility index (Phi) is 6.50. The Morgan fingerprint density at radius 2 is 1.93 bits per heavy atom. The van der Waals surface area contributed by atoms with Crippen LogP contribution in [0.25, 0.3) is 0 Å². The zero-order chi connectivity index (χ0) is 19.3. The summed E-state index contributed by atoms with van der Waals surface area (Å²) in [7, 11) is 0. The molecule has 0 radical (unpaired) electrons. The molecule has 4 nitrogen and oxygen atoms in total. The summed E-state index contributed by atoms with van der Waals surface area (Å²) >= 11 is 0. The number of aliphatic imine (C=N–C) groups is 1. The van der Waals surface area contributed by atoms with Crippen molar-refractivity contribution in [2.45, 2.75) is 69.9 Å². The predicted octanol–water partition coefficient (Wildman–Crippen LogP) is 4.32. The van der Waals surface area contributed by atoms with E-state index in [1.165, 1.54) is 25.7 Å². The lowest BCUT2D eigenvalue weighted by atomic mass is 10.1. The first-order chi connectivity index (χ1) is 13.7. The van der Waals surface area contributed by atoms with Crippen molar-refractivity contribution in [1.29, 1.82) is 0 Å². The summed E-state index contributed by atoms with van der Waals surface area (Å²) in [5.74, 6) is 1.95. The van der Waals surface area contributed by atoms with Gasteiger partial charge < -0.3 is 15.0 Å². The monoisotopic (exact) mass is 387 g/mol. The van der Waals surface area contributed by atoms with E-state index in [-0.39, 0.29) is 11.7 Å². The van der Waals surface area contributed by atoms with Gasteiger partial charge in [-0.1, -0.05) is 31.0 Å². The van der Waals surface area contributed by atoms with Crippen molar-refractivity contribution in [3.63, 3.8) is 0 Å². The largest absolute Gasteiger partial charge is 0.378 e. The molecule has 0 amide bonds. The maximum Gasteiger partial charge on any atom is 0.194 e. The number of rotatable bonds is 6. The number of ether oxygens (including phenoxy) is 1. The van der Waals surface area contributed by atoms with Gasteiger partial charge in [-0.05, 0) is 56.6 Å². The van der Waals surface area contributed by atoms with Crippen LogP contribution in [0.15, 0.2) is 29.3 Å². The number of nitrogens with zero attached hydrogens (tertiary/aromatic N) is 2. The van der Waals surface area contributed by atoms with Crippen molar-refractivity contribution < 1.29 is 9.13 Å². The van der Waals surface area contributed by atoms with Crippen LogP contribution >= 0.6 is 0 Å². The third-order valence-corrected chi connectivity index (χ3v) is 6.50. The maximum atomic E-state index is 14.0. The van der Waals surface area contributed by atoms with Crippen molar-refractivity contribution in [1.82, 2.24) is 10.2 Å². The lowest BCUT2D eigenvalue weighted by molar-refractivity contribution is 0.000992. The third-order valence-electron chi connectivity index (χ3n) is 6.50. The number of benzene rings is 1. The van der Waals surface area contributed by atoms with E-state index in [4.69, 9.17) is 9.73 Å². The molecule has 3 fully saturated rings. The summed E-state index contributed by atoms with van der Waals surface area (Å²) in [6.07, 6.45) is 8.96. The standard InChI is InChI=1S/C23H34FN3O/c1-2-25-23(26-22-15-20(22)19-9-5-6-10-21(19)24)27-13-11-18(12-14-27)28-16-17-7-3-4-8-17/h5-6,9-10,17-18,20,22H,2-4,7-8,11-16H2,1H3,(H,25,26). The first kappa shape index (κ1) is 19.7. The molecule has 2 aliphatic carbocycles. The third kappa shape index (κ3) is 4.86. The SMILES string of the molecule is CCN=C(NC1CC1c1ccccc1F)N1CCC(OCC2CCCC2)CC1. The lowest BCUT2D eigenvalue weighted by Crippen LogP contribution is -2.48. The fourth-order valence-electron chi connectivity index (χ4n) is 4.71. The molecule has 0 aromatic heterocycles. The Hall–Kier alpha value is -1.62. The van der Waals surface area contributed by atoms with Gasteiger partial charge in [-0.15, -0.1) is 0 Å². The van der Waals surface area contributed by atoms with Gasteiger partial charge in [0, 0.05) is 38.2 Å². The highest BCUT2D eigenvalue weighted by atomic mass is 19.1. The van der Waals surface area contributed by atoms with Gasteiger partial charge in [-0.3, -0.25) is 4.99 Å². The molecule has 0 bridgehead atoms. The minimum absolute atomic E-state index is 0.0917. The molecule has 1 aromatic carbocycles. The highest BCUT2D eigenvalue weighted by Gasteiger charge is 2.41. The number of hydrogen-bond donors (Lipinski definition) is 1. The van der Waals surface area contributed by atoms with Crippen LogP contribution in [0.2, 0.25) is 0 Å². The molecular weight excluding hydrogens is 353 g/mol. The summed E-state index contributed by atoms with van der Waals surface area (Å²) in [5, 5.41) is 3.60. The molecule has 2 unspecified atom stereocenters. The number of likely N-dealkylation sites (tertiary alicyclic amines) is 1. The molecule has 1 N–H and O–H groups in total. The van der Waals surface area contributed by atoms with Crippen molar-refractivity contribution in [3.05, 3.63) is 35.6 Å². The summed E-state index contributed by atoms with van der Waals surface area (Å²) in [6, 6.07) is 7.43. The van der Waals surface area contributed by atoms with Crippen LogP contribution in [0.1, 0.15) is 63.4 Å². The maximum absolute atomic E-state index is 14.0. The minimum Gasteiger partial charge on any atom is -0.378 e. The fraction of sp³-hybridized carbons (Fsp3) is 0.696. The van der Waals surface area contributed by atoms with Gasteiger partial charge in [0.1, 0.15) is 5.82 Å². The van der Waals surface area contributed by atoms with Crippen molar-refractivity contribution in [2.24, 2.45) is 10.9 Å². The second-order valence-electron chi connectivity index (χ2n) is 8.58. The van der Waals surface area contributed by atoms with E-state index in [1.807, 2.05) is 12.1 Å². The molecule has 1 heterocycles. The second kappa shape index (κ2) is 9.25. The predicted molar refractivity (Wildman–Crippen MR) is 111 cm³/mol. The molecule has 4 rings (SSSR count). The van der Waals surface area contributed by atoms with E-state index >= 15 is 0 Å². The van der Waals surface area contributed by atoms with E-state index in [0.717, 1.165) is 62.9 Å². The highest BCUT2D eigenvalue weighted by molar-refractivity contribution is 5.81. The molecule has 1 aliphatic heterocycles. The quantitative estimate of drug-likeness (QED) is 0.583. The Morgan fingerprint density at radius 3 is 2.64 bits per heavy atom. The van der Waals surface area contributed by atoms with E-state index in [2.05, 4.69) is 17.1 Å². The Bertz CT molecular complexity index is 666. The molecule has 154 valence electrons. The highest BCUT2D eigenvalue weighted by Crippen LogP contribution is 2.42. The molecular formula is C23H34FN3O. The Balaban J connectivity index is 1.25. The molecule has 1 aromatic rings. The lowest BCUT2D eigenvalue weighted by Gasteiger charge is -2.34. The van der Waals surface area contributed by atoms with Crippen LogP contribution in [0, 0.1) is 11.7 Å². The minimum atomic E-state index is -0.0917. The topological polar surface area (TPSA) is 36.9 Å². The van der Waals surface area contributed by atoms with Gasteiger partial charge in [0.25, 0.3) is 0 Å². The van der Waals surface area contributed by atoms with Crippen molar-refractivity contribution in [2.75, 3.05) is 26.2 Å². The Labute approximate surface area is 168 Å². The smallest absolute Gasteiger partial charge is 0.194 e. The Morgan fingerprint density at radius 1 is 1.18 bits per heavy atom. The molecule has 28 heavy (non-hydrogen) atoms. The van der Waals surface area contributed by atoms with Gasteiger partial charge in [0.15, 0.2) is 5.96 Å². The summed E-state index contributed by atoms with van der Waals surface area (Å²) in [6.45, 7) is 5.75. The molecule has 2 saturated carbocycles. The van der Waals surface area contributed by atoms with E-state index < -0.39 is 0 Å². The zero-order valence-corrected chi connectivity index (χ0v) is 17.1. The van der Waals surface area contributed by atoms with Crippen LogP contribution in [-0.2, 0) is 4.74 Å².